The van der Waals surface area contributed by atoms with Crippen LogP contribution in [0.15, 0.2) is 42.5 Å². The highest BCUT2D eigenvalue weighted by Gasteiger charge is 2.45. The molecule has 1 saturated carbocycles. The van der Waals surface area contributed by atoms with Gasteiger partial charge in [0.15, 0.2) is 11.6 Å². The predicted molar refractivity (Wildman–Crippen MR) is 165 cm³/mol. The number of aromatic nitrogens is 1. The number of benzene rings is 1. The van der Waals surface area contributed by atoms with Gasteiger partial charge in [-0.2, -0.15) is 0 Å². The quantitative estimate of drug-likeness (QED) is 0.428. The minimum Gasteiger partial charge on any atom is -0.489 e. The number of fused-ring (bicyclic) bond motifs is 2. The van der Waals surface area contributed by atoms with Gasteiger partial charge in [0.05, 0.1) is 12.2 Å². The molecule has 6 atom stereocenters. The number of nitrogens with one attached hydrogen (secondary N) is 1. The van der Waals surface area contributed by atoms with Crippen molar-refractivity contribution >= 4 is 34.3 Å². The van der Waals surface area contributed by atoms with Gasteiger partial charge in [0, 0.05) is 36.9 Å². The zero-order valence-corrected chi connectivity index (χ0v) is 26.1. The normalized spacial score (nSPS) is 31.2. The zero-order valence-electron chi connectivity index (χ0n) is 24.5. The molecule has 1 amide bonds. The number of hydrogen-bond donors (Lipinski definition) is 1. The summed E-state index contributed by atoms with van der Waals surface area (Å²) in [4.78, 5) is 20.2. The molecule has 41 heavy (non-hydrogen) atoms. The van der Waals surface area contributed by atoms with E-state index in [0.29, 0.717) is 42.3 Å². The third-order valence-electron chi connectivity index (χ3n) is 8.99. The molecule has 0 saturated heterocycles. The van der Waals surface area contributed by atoms with Crippen LogP contribution in [0.4, 0.5) is 5.82 Å². The average Bonchev–Trinajstić information content (AvgIpc) is 3.09. The number of methoxy groups -OCH3 is 1. The van der Waals surface area contributed by atoms with E-state index in [0.717, 1.165) is 43.7 Å². The Labute approximate surface area is 251 Å². The Morgan fingerprint density at radius 3 is 2.80 bits per heavy atom. The Morgan fingerprint density at radius 1 is 1.24 bits per heavy atom. The summed E-state index contributed by atoms with van der Waals surface area (Å²) in [5.74, 6) is 2.26. The van der Waals surface area contributed by atoms with E-state index >= 15 is 0 Å². The maximum Gasteiger partial charge on any atom is 0.281 e. The minimum absolute atomic E-state index is 0.104. The molecule has 222 valence electrons. The second-order valence-corrected chi connectivity index (χ2v) is 13.7. The molecule has 1 aromatic carbocycles. The van der Waals surface area contributed by atoms with E-state index in [2.05, 4.69) is 47.8 Å². The Balaban J connectivity index is 1.54. The summed E-state index contributed by atoms with van der Waals surface area (Å²) in [6.07, 6.45) is 9.28. The number of carbonyl (C=O) groups excluding carboxylic acids is 1. The van der Waals surface area contributed by atoms with Crippen molar-refractivity contribution in [2.75, 3.05) is 37.5 Å². The fourth-order valence-electron chi connectivity index (χ4n) is 6.53. The fourth-order valence-corrected chi connectivity index (χ4v) is 7.77. The molecular formula is C32H42ClN3O4S. The van der Waals surface area contributed by atoms with Crippen LogP contribution in [-0.4, -0.2) is 53.3 Å². The summed E-state index contributed by atoms with van der Waals surface area (Å²) in [6, 6.07) is 9.67. The Morgan fingerprint density at radius 2 is 2.07 bits per heavy atom. The largest absolute Gasteiger partial charge is 0.489 e. The number of pyridine rings is 1. The van der Waals surface area contributed by atoms with Crippen LogP contribution in [0.1, 0.15) is 74.0 Å². The van der Waals surface area contributed by atoms with Crippen LogP contribution in [0, 0.1) is 17.8 Å². The number of rotatable bonds is 4. The van der Waals surface area contributed by atoms with Crippen molar-refractivity contribution < 1.29 is 18.5 Å². The molecule has 7 nitrogen and oxygen atoms in total. The fraction of sp³-hybridized carbons (Fsp3) is 0.562. The molecule has 9 heteroatoms. The highest BCUT2D eigenvalue weighted by molar-refractivity contribution is 7.83. The first-order chi connectivity index (χ1) is 19.7. The van der Waals surface area contributed by atoms with Gasteiger partial charge in [-0.05, 0) is 85.8 Å². The lowest BCUT2D eigenvalue weighted by atomic mass is 9.64. The minimum atomic E-state index is -1.51. The van der Waals surface area contributed by atoms with Crippen molar-refractivity contribution in [1.82, 2.24) is 9.71 Å². The van der Waals surface area contributed by atoms with E-state index in [9.17, 15) is 9.00 Å². The lowest BCUT2D eigenvalue weighted by Gasteiger charge is -2.48. The first kappa shape index (κ1) is 30.1. The van der Waals surface area contributed by atoms with E-state index in [-0.39, 0.29) is 17.5 Å². The molecular weight excluding hydrogens is 558 g/mol. The first-order valence-electron chi connectivity index (χ1n) is 14.8. The average molecular weight is 600 g/mol. The van der Waals surface area contributed by atoms with Crippen LogP contribution in [-0.2, 0) is 22.1 Å². The highest BCUT2D eigenvalue weighted by atomic mass is 35.5. The van der Waals surface area contributed by atoms with Gasteiger partial charge in [-0.1, -0.05) is 50.1 Å². The lowest BCUT2D eigenvalue weighted by Crippen LogP contribution is -2.49. The van der Waals surface area contributed by atoms with Crippen LogP contribution in [0.5, 0.6) is 5.75 Å². The molecule has 5 rings (SSSR count). The third kappa shape index (κ3) is 6.65. The van der Waals surface area contributed by atoms with Gasteiger partial charge in [-0.3, -0.25) is 9.52 Å². The van der Waals surface area contributed by atoms with Gasteiger partial charge in [0.25, 0.3) is 5.91 Å². The number of anilines is 1. The van der Waals surface area contributed by atoms with Gasteiger partial charge >= 0.3 is 0 Å². The van der Waals surface area contributed by atoms with E-state index in [1.54, 1.807) is 13.2 Å². The van der Waals surface area contributed by atoms with E-state index in [1.165, 1.54) is 11.1 Å². The lowest BCUT2D eigenvalue weighted by molar-refractivity contribution is -0.0621. The number of ether oxygens (including phenoxy) is 2. The number of amides is 1. The first-order valence-corrected chi connectivity index (χ1v) is 16.5. The van der Waals surface area contributed by atoms with Gasteiger partial charge < -0.3 is 14.4 Å². The molecule has 1 N–H and O–H groups in total. The molecule has 1 fully saturated rings. The van der Waals surface area contributed by atoms with Gasteiger partial charge in [-0.25, -0.2) is 9.19 Å². The van der Waals surface area contributed by atoms with Gasteiger partial charge in [-0.15, -0.1) is 0 Å². The van der Waals surface area contributed by atoms with E-state index in [1.807, 2.05) is 19.1 Å². The molecule has 5 unspecified atom stereocenters. The number of carbonyl (C=O) groups is 1. The summed E-state index contributed by atoms with van der Waals surface area (Å²) in [6.45, 7) is 8.39. The van der Waals surface area contributed by atoms with Crippen LogP contribution in [0.25, 0.3) is 0 Å². The Bertz CT molecular complexity index is 1320. The topological polar surface area (TPSA) is 80.8 Å². The summed E-state index contributed by atoms with van der Waals surface area (Å²) in [7, 11) is 0.284. The van der Waals surface area contributed by atoms with Crippen molar-refractivity contribution in [3.8, 4) is 5.75 Å². The van der Waals surface area contributed by atoms with Crippen LogP contribution < -0.4 is 14.4 Å². The number of hydrogen-bond acceptors (Lipinski definition) is 6. The van der Waals surface area contributed by atoms with Crippen molar-refractivity contribution in [3.05, 3.63) is 64.3 Å². The van der Waals surface area contributed by atoms with Gasteiger partial charge in [0.2, 0.25) is 0 Å². The summed E-state index contributed by atoms with van der Waals surface area (Å²) in [5, 5.41) is 0.744. The molecule has 2 aromatic rings. The SMILES string of the molecule is CCCc1cc(Cl)ccc1C1COc2ccc3nc2N(C1)CC1CCC1[C@@](C)(OC)/C=C/CC(C)CS(=O)NC3=O. The monoisotopic (exact) mass is 599 g/mol. The maximum atomic E-state index is 13.1. The third-order valence-corrected chi connectivity index (χ3v) is 10.5. The summed E-state index contributed by atoms with van der Waals surface area (Å²) in [5.41, 5.74) is 2.34. The summed E-state index contributed by atoms with van der Waals surface area (Å²) >= 11 is 6.40. The maximum absolute atomic E-state index is 13.1. The van der Waals surface area contributed by atoms with Crippen molar-refractivity contribution in [2.45, 2.75) is 64.4 Å². The molecule has 2 aliphatic heterocycles. The second-order valence-electron chi connectivity index (χ2n) is 12.0. The molecule has 3 heterocycles. The zero-order chi connectivity index (χ0) is 29.1. The van der Waals surface area contributed by atoms with Crippen molar-refractivity contribution in [2.24, 2.45) is 17.8 Å². The number of allylic oxidation sites excluding steroid dienone is 1. The molecule has 0 spiro atoms. The highest BCUT2D eigenvalue weighted by Crippen LogP contribution is 2.46. The molecule has 2 bridgehead atoms. The van der Waals surface area contributed by atoms with Crippen molar-refractivity contribution in [1.29, 1.82) is 0 Å². The van der Waals surface area contributed by atoms with Crippen molar-refractivity contribution in [3.63, 3.8) is 0 Å². The van der Waals surface area contributed by atoms with Crippen LogP contribution >= 0.6 is 11.6 Å². The summed E-state index contributed by atoms with van der Waals surface area (Å²) < 4.78 is 28.0. The molecule has 0 radical (unpaired) electrons. The van der Waals surface area contributed by atoms with E-state index in [4.69, 9.17) is 26.1 Å². The Kier molecular flexibility index (Phi) is 9.41. The van der Waals surface area contributed by atoms with E-state index < -0.39 is 22.5 Å². The number of halogens is 1. The second kappa shape index (κ2) is 12.8. The Hall–Kier alpha value is -2.42. The van der Waals surface area contributed by atoms with Crippen LogP contribution in [0.2, 0.25) is 5.02 Å². The smallest absolute Gasteiger partial charge is 0.281 e. The predicted octanol–water partition coefficient (Wildman–Crippen LogP) is 6.09. The van der Waals surface area contributed by atoms with Crippen LogP contribution in [0.3, 0.4) is 0 Å². The molecule has 3 aliphatic rings. The molecule has 1 aromatic heterocycles. The molecule has 1 aliphatic carbocycles. The number of nitrogens with zero attached hydrogens (tertiary/aromatic N) is 2. The number of aryl methyl sites for hydroxylation is 1. The standard InChI is InChI=1S/C32H42ClN3O4S/c1-5-7-22-16-25(33)10-11-26(22)24-18-36-17-23-9-12-27(23)32(3,39-4)15-6-8-21(2)20-41(38)35-31(37)28-13-14-29(40-19-24)30(36)34-28/h6,10-11,13-16,21,23-24,27H,5,7-9,12,17-20H2,1-4H3,(H,35,37)/b15-6+/t21?,23?,24?,27?,32-,41?/m0/s1. The van der Waals surface area contributed by atoms with Gasteiger partial charge in [0.1, 0.15) is 16.7 Å².